The zero-order valence-electron chi connectivity index (χ0n) is 21.1. The van der Waals surface area contributed by atoms with Crippen molar-refractivity contribution in [2.45, 2.75) is 26.8 Å². The van der Waals surface area contributed by atoms with Gasteiger partial charge in [-0.25, -0.2) is 9.37 Å². The van der Waals surface area contributed by atoms with Crippen molar-refractivity contribution in [1.82, 2.24) is 9.97 Å². The summed E-state index contributed by atoms with van der Waals surface area (Å²) in [5.41, 5.74) is 3.20. The highest BCUT2D eigenvalue weighted by Gasteiger charge is 2.16. The van der Waals surface area contributed by atoms with Crippen LogP contribution in [0.3, 0.4) is 0 Å². The van der Waals surface area contributed by atoms with Gasteiger partial charge in [-0.2, -0.15) is 4.39 Å². The van der Waals surface area contributed by atoms with Gasteiger partial charge < -0.3 is 24.8 Å². The number of benzene rings is 2. The van der Waals surface area contributed by atoms with Gasteiger partial charge in [-0.3, -0.25) is 4.98 Å². The molecule has 0 saturated heterocycles. The molecule has 7 nitrogen and oxygen atoms in total. The molecule has 9 heteroatoms. The van der Waals surface area contributed by atoms with Crippen LogP contribution >= 0.6 is 0 Å². The summed E-state index contributed by atoms with van der Waals surface area (Å²) in [7, 11) is 3.13. The number of hydrogen-bond donors (Lipinski definition) is 2. The number of aromatic nitrogens is 2. The lowest BCUT2D eigenvalue weighted by Gasteiger charge is -2.16. The Morgan fingerprint density at radius 3 is 2.46 bits per heavy atom. The Balaban J connectivity index is 1.52. The Morgan fingerprint density at radius 1 is 0.892 bits per heavy atom. The van der Waals surface area contributed by atoms with Gasteiger partial charge in [-0.05, 0) is 43.2 Å². The van der Waals surface area contributed by atoms with Crippen LogP contribution in [0.1, 0.15) is 23.6 Å². The fourth-order valence-corrected chi connectivity index (χ4v) is 3.68. The lowest BCUT2D eigenvalue weighted by Crippen LogP contribution is -2.06. The number of rotatable bonds is 10. The van der Waals surface area contributed by atoms with Gasteiger partial charge in [0, 0.05) is 36.0 Å². The summed E-state index contributed by atoms with van der Waals surface area (Å²) in [4.78, 5) is 8.28. The molecule has 0 aliphatic rings. The second-order valence-corrected chi connectivity index (χ2v) is 8.21. The topological polar surface area (TPSA) is 77.5 Å². The van der Waals surface area contributed by atoms with Crippen LogP contribution in [-0.2, 0) is 13.0 Å². The van der Waals surface area contributed by atoms with E-state index < -0.39 is 5.82 Å². The molecule has 2 N–H and O–H groups in total. The smallest absolute Gasteiger partial charge is 0.207 e. The van der Waals surface area contributed by atoms with Crippen molar-refractivity contribution in [2.24, 2.45) is 0 Å². The van der Waals surface area contributed by atoms with Gasteiger partial charge in [-0.15, -0.1) is 0 Å². The van der Waals surface area contributed by atoms with Gasteiger partial charge in [0.2, 0.25) is 5.82 Å². The third-order valence-electron chi connectivity index (χ3n) is 5.89. The number of nitrogens with one attached hydrogen (secondary N) is 2. The molecule has 2 aromatic heterocycles. The van der Waals surface area contributed by atoms with Gasteiger partial charge in [0.25, 0.3) is 0 Å². The Kier molecular flexibility index (Phi) is 8.02. The van der Waals surface area contributed by atoms with Crippen LogP contribution in [0.5, 0.6) is 23.0 Å². The van der Waals surface area contributed by atoms with Crippen LogP contribution in [0.2, 0.25) is 0 Å². The first-order valence-electron chi connectivity index (χ1n) is 11.7. The maximum Gasteiger partial charge on any atom is 0.207 e. The van der Waals surface area contributed by atoms with E-state index >= 15 is 4.39 Å². The van der Waals surface area contributed by atoms with Crippen molar-refractivity contribution >= 4 is 17.2 Å². The molecule has 0 saturated carbocycles. The Bertz CT molecular complexity index is 1400. The van der Waals surface area contributed by atoms with Crippen LogP contribution < -0.4 is 24.8 Å². The van der Waals surface area contributed by atoms with Gasteiger partial charge in [0.1, 0.15) is 17.3 Å². The minimum absolute atomic E-state index is 0.0216. The van der Waals surface area contributed by atoms with E-state index in [-0.39, 0.29) is 23.9 Å². The maximum atomic E-state index is 15.3. The average Bonchev–Trinajstić information content (AvgIpc) is 2.92. The Morgan fingerprint density at radius 2 is 1.73 bits per heavy atom. The van der Waals surface area contributed by atoms with Gasteiger partial charge in [-0.1, -0.05) is 13.0 Å². The van der Waals surface area contributed by atoms with E-state index in [0.29, 0.717) is 34.2 Å². The fourth-order valence-electron chi connectivity index (χ4n) is 3.68. The van der Waals surface area contributed by atoms with Crippen LogP contribution in [0, 0.1) is 18.6 Å². The van der Waals surface area contributed by atoms with Gasteiger partial charge in [0.05, 0.1) is 38.0 Å². The minimum atomic E-state index is -0.658. The summed E-state index contributed by atoms with van der Waals surface area (Å²) in [6.07, 6.45) is 5.23. The number of anilines is 3. The summed E-state index contributed by atoms with van der Waals surface area (Å²) in [5.74, 6) is 0.549. The van der Waals surface area contributed by atoms with Crippen molar-refractivity contribution in [3.8, 4) is 23.0 Å². The van der Waals surface area contributed by atoms with Crippen molar-refractivity contribution in [2.75, 3.05) is 24.9 Å². The van der Waals surface area contributed by atoms with Gasteiger partial charge >= 0.3 is 0 Å². The molecule has 0 unspecified atom stereocenters. The van der Waals surface area contributed by atoms with E-state index in [2.05, 4.69) is 20.6 Å². The molecule has 4 rings (SSSR count). The normalized spacial score (nSPS) is 10.6. The highest BCUT2D eigenvalue weighted by atomic mass is 19.1. The maximum absolute atomic E-state index is 15.3. The summed E-state index contributed by atoms with van der Waals surface area (Å²) >= 11 is 0. The summed E-state index contributed by atoms with van der Waals surface area (Å²) in [5, 5.41) is 6.03. The molecule has 0 bridgehead atoms. The second kappa shape index (κ2) is 11.6. The van der Waals surface area contributed by atoms with E-state index in [4.69, 9.17) is 14.2 Å². The standard InChI is InChI=1S/C28H28F2N4O3/c1-5-18-6-9-22(21(29)12-18)34-23-15-31-16-26(17(23)2)37-24-10-11-32-28(27(24)30)33-14-19-7-8-20(35-3)13-25(19)36-4/h6-13,15-16,34H,5,14H2,1-4H3,(H,32,33). The SMILES string of the molecule is CCc1ccc(Nc2cncc(Oc3ccnc(NCc4ccc(OC)cc4OC)c3F)c2C)c(F)c1. The first-order valence-corrected chi connectivity index (χ1v) is 11.7. The van der Waals surface area contributed by atoms with Crippen molar-refractivity contribution < 1.29 is 23.0 Å². The monoisotopic (exact) mass is 506 g/mol. The third kappa shape index (κ3) is 5.88. The molecule has 0 radical (unpaired) electrons. The molecular formula is C28H28F2N4O3. The number of ether oxygens (including phenoxy) is 3. The van der Waals surface area contributed by atoms with E-state index in [0.717, 1.165) is 17.5 Å². The molecule has 0 fully saturated rings. The number of nitrogens with zero attached hydrogens (tertiary/aromatic N) is 2. The van der Waals surface area contributed by atoms with Crippen LogP contribution in [0.4, 0.5) is 26.0 Å². The molecule has 0 aliphatic carbocycles. The Labute approximate surface area is 214 Å². The van der Waals surface area contributed by atoms with E-state index in [1.54, 1.807) is 45.5 Å². The van der Waals surface area contributed by atoms with Crippen LogP contribution in [-0.4, -0.2) is 24.2 Å². The first-order chi connectivity index (χ1) is 17.9. The first kappa shape index (κ1) is 25.7. The quantitative estimate of drug-likeness (QED) is 0.245. The molecule has 37 heavy (non-hydrogen) atoms. The molecule has 0 atom stereocenters. The highest BCUT2D eigenvalue weighted by molar-refractivity contribution is 5.65. The molecule has 0 aliphatic heterocycles. The summed E-state index contributed by atoms with van der Waals surface area (Å²) < 4.78 is 46.2. The highest BCUT2D eigenvalue weighted by Crippen LogP contribution is 2.34. The van der Waals surface area contributed by atoms with Gasteiger partial charge in [0.15, 0.2) is 17.3 Å². The number of halogens is 2. The summed E-state index contributed by atoms with van der Waals surface area (Å²) in [6, 6.07) is 11.8. The molecule has 0 amide bonds. The van der Waals surface area contributed by atoms with E-state index in [1.165, 1.54) is 24.5 Å². The molecule has 2 aromatic carbocycles. The number of hydrogen-bond acceptors (Lipinski definition) is 7. The van der Waals surface area contributed by atoms with E-state index in [9.17, 15) is 4.39 Å². The number of pyridine rings is 2. The fraction of sp³-hybridized carbons (Fsp3) is 0.214. The lowest BCUT2D eigenvalue weighted by atomic mass is 10.1. The predicted octanol–water partition coefficient (Wildman–Crippen LogP) is 6.79. The second-order valence-electron chi connectivity index (χ2n) is 8.21. The largest absolute Gasteiger partial charge is 0.497 e. The zero-order chi connectivity index (χ0) is 26.4. The lowest BCUT2D eigenvalue weighted by molar-refractivity contribution is 0.391. The number of methoxy groups -OCH3 is 2. The van der Waals surface area contributed by atoms with Crippen molar-refractivity contribution in [3.05, 3.63) is 89.4 Å². The summed E-state index contributed by atoms with van der Waals surface area (Å²) in [6.45, 7) is 4.01. The molecule has 2 heterocycles. The van der Waals surface area contributed by atoms with Crippen LogP contribution in [0.15, 0.2) is 61.1 Å². The molecular weight excluding hydrogens is 478 g/mol. The third-order valence-corrected chi connectivity index (χ3v) is 5.89. The minimum Gasteiger partial charge on any atom is -0.497 e. The van der Waals surface area contributed by atoms with E-state index in [1.807, 2.05) is 19.1 Å². The van der Waals surface area contributed by atoms with Crippen LogP contribution in [0.25, 0.3) is 0 Å². The zero-order valence-corrected chi connectivity index (χ0v) is 21.1. The molecule has 4 aromatic rings. The predicted molar refractivity (Wildman–Crippen MR) is 139 cm³/mol. The average molecular weight is 507 g/mol. The Hall–Kier alpha value is -4.40. The number of aryl methyl sites for hydroxylation is 1. The molecule has 192 valence electrons. The van der Waals surface area contributed by atoms with Crippen molar-refractivity contribution in [3.63, 3.8) is 0 Å². The molecule has 0 spiro atoms. The van der Waals surface area contributed by atoms with Crippen molar-refractivity contribution in [1.29, 1.82) is 0 Å².